The third-order valence-electron chi connectivity index (χ3n) is 3.59. The molecule has 3 heteroatoms. The van der Waals surface area contributed by atoms with Crippen molar-refractivity contribution in [2.45, 2.75) is 38.3 Å². The van der Waals surface area contributed by atoms with Crippen LogP contribution in [0.15, 0.2) is 30.3 Å². The van der Waals surface area contributed by atoms with Gasteiger partial charge in [-0.05, 0) is 25.3 Å². The average molecular weight is 233 g/mol. The lowest BCUT2D eigenvalue weighted by Crippen LogP contribution is -2.47. The molecule has 1 aromatic rings. The zero-order valence-corrected chi connectivity index (χ0v) is 10.2. The predicted octanol–water partition coefficient (Wildman–Crippen LogP) is 2.69. The van der Waals surface area contributed by atoms with E-state index in [0.717, 1.165) is 6.54 Å². The van der Waals surface area contributed by atoms with E-state index in [2.05, 4.69) is 24.0 Å². The number of rotatable bonds is 5. The van der Waals surface area contributed by atoms with Crippen molar-refractivity contribution in [3.63, 3.8) is 0 Å². The number of aliphatic carboxylic acids is 1. The minimum absolute atomic E-state index is 0.239. The van der Waals surface area contributed by atoms with Gasteiger partial charge in [0.2, 0.25) is 0 Å². The van der Waals surface area contributed by atoms with E-state index >= 15 is 0 Å². The van der Waals surface area contributed by atoms with Gasteiger partial charge < -0.3 is 5.11 Å². The number of hydrogen-bond acceptors (Lipinski definition) is 2. The summed E-state index contributed by atoms with van der Waals surface area (Å²) in [6, 6.07) is 11.1. The highest BCUT2D eigenvalue weighted by molar-refractivity contribution is 5.66. The molecule has 1 fully saturated rings. The van der Waals surface area contributed by atoms with Crippen LogP contribution in [0.1, 0.15) is 37.8 Å². The van der Waals surface area contributed by atoms with E-state index in [1.165, 1.54) is 12.0 Å². The first-order valence-electron chi connectivity index (χ1n) is 6.21. The minimum atomic E-state index is -0.709. The van der Waals surface area contributed by atoms with Gasteiger partial charge in [0.15, 0.2) is 0 Å². The standard InChI is InChI=1S/C14H19NO2/c1-11-9-10-15(11)13(7-8-14(16)17)12-5-3-2-4-6-12/h2-6,11,13H,7-10H2,1H3,(H,16,17). The third-order valence-corrected chi connectivity index (χ3v) is 3.59. The summed E-state index contributed by atoms with van der Waals surface area (Å²) in [6.07, 6.45) is 2.16. The highest BCUT2D eigenvalue weighted by Crippen LogP contribution is 2.33. The second-order valence-corrected chi connectivity index (χ2v) is 4.73. The van der Waals surface area contributed by atoms with E-state index in [1.54, 1.807) is 0 Å². The zero-order chi connectivity index (χ0) is 12.3. The Kier molecular flexibility index (Phi) is 3.79. The van der Waals surface area contributed by atoms with Crippen molar-refractivity contribution in [1.82, 2.24) is 4.90 Å². The molecule has 0 spiro atoms. The van der Waals surface area contributed by atoms with Crippen LogP contribution >= 0.6 is 0 Å². The van der Waals surface area contributed by atoms with Gasteiger partial charge in [-0.3, -0.25) is 9.69 Å². The smallest absolute Gasteiger partial charge is 0.303 e. The van der Waals surface area contributed by atoms with Crippen LogP contribution in [0.2, 0.25) is 0 Å². The largest absolute Gasteiger partial charge is 0.481 e. The molecule has 0 aromatic heterocycles. The summed E-state index contributed by atoms with van der Waals surface area (Å²) in [7, 11) is 0. The fraction of sp³-hybridized carbons (Fsp3) is 0.500. The van der Waals surface area contributed by atoms with Gasteiger partial charge in [0.1, 0.15) is 0 Å². The van der Waals surface area contributed by atoms with Crippen LogP contribution in [-0.2, 0) is 4.79 Å². The molecule has 2 rings (SSSR count). The molecule has 1 heterocycles. The van der Waals surface area contributed by atoms with Gasteiger partial charge in [-0.2, -0.15) is 0 Å². The fourth-order valence-electron chi connectivity index (χ4n) is 2.46. The Morgan fingerprint density at radius 3 is 2.65 bits per heavy atom. The van der Waals surface area contributed by atoms with Crippen LogP contribution in [0.4, 0.5) is 0 Å². The third kappa shape index (κ3) is 2.86. The molecule has 2 unspecified atom stereocenters. The van der Waals surface area contributed by atoms with Gasteiger partial charge in [0.05, 0.1) is 0 Å². The molecule has 17 heavy (non-hydrogen) atoms. The number of carbonyl (C=O) groups is 1. The van der Waals surface area contributed by atoms with Crippen molar-refractivity contribution in [2.24, 2.45) is 0 Å². The molecule has 0 aliphatic carbocycles. The summed E-state index contributed by atoms with van der Waals surface area (Å²) in [6.45, 7) is 3.29. The molecule has 1 N–H and O–H groups in total. The van der Waals surface area contributed by atoms with Crippen molar-refractivity contribution in [3.8, 4) is 0 Å². The van der Waals surface area contributed by atoms with Gasteiger partial charge in [0.25, 0.3) is 0 Å². The lowest BCUT2D eigenvalue weighted by Gasteiger charge is -2.44. The summed E-state index contributed by atoms with van der Waals surface area (Å²) in [5.41, 5.74) is 1.24. The second kappa shape index (κ2) is 5.32. The molecule has 0 radical (unpaired) electrons. The maximum atomic E-state index is 10.7. The van der Waals surface area contributed by atoms with E-state index in [4.69, 9.17) is 5.11 Å². The fourth-order valence-corrected chi connectivity index (χ4v) is 2.46. The predicted molar refractivity (Wildman–Crippen MR) is 66.8 cm³/mol. The molecule has 0 bridgehead atoms. The van der Waals surface area contributed by atoms with Crippen LogP contribution in [0, 0.1) is 0 Å². The summed E-state index contributed by atoms with van der Waals surface area (Å²) in [5.74, 6) is -0.709. The summed E-state index contributed by atoms with van der Waals surface area (Å²) < 4.78 is 0. The summed E-state index contributed by atoms with van der Waals surface area (Å²) in [4.78, 5) is 13.1. The normalized spacial score (nSPS) is 21.8. The molecule has 0 amide bonds. The van der Waals surface area contributed by atoms with Crippen molar-refractivity contribution >= 4 is 5.97 Å². The molecule has 1 saturated heterocycles. The monoisotopic (exact) mass is 233 g/mol. The first-order chi connectivity index (χ1) is 8.18. The van der Waals surface area contributed by atoms with Gasteiger partial charge in [-0.25, -0.2) is 0 Å². The Morgan fingerprint density at radius 1 is 1.47 bits per heavy atom. The van der Waals surface area contributed by atoms with E-state index in [1.807, 2.05) is 18.2 Å². The molecule has 1 aromatic carbocycles. The second-order valence-electron chi connectivity index (χ2n) is 4.73. The van der Waals surface area contributed by atoms with Gasteiger partial charge in [-0.1, -0.05) is 30.3 Å². The van der Waals surface area contributed by atoms with Gasteiger partial charge in [-0.15, -0.1) is 0 Å². The topological polar surface area (TPSA) is 40.5 Å². The Hall–Kier alpha value is -1.35. The number of benzene rings is 1. The first kappa shape index (κ1) is 12.1. The molecule has 0 saturated carbocycles. The lowest BCUT2D eigenvalue weighted by atomic mass is 9.93. The lowest BCUT2D eigenvalue weighted by molar-refractivity contribution is -0.137. The highest BCUT2D eigenvalue weighted by atomic mass is 16.4. The van der Waals surface area contributed by atoms with E-state index < -0.39 is 5.97 Å². The Balaban J connectivity index is 2.09. The average Bonchev–Trinajstić information content (AvgIpc) is 2.33. The number of likely N-dealkylation sites (tertiary alicyclic amines) is 1. The molecule has 3 nitrogen and oxygen atoms in total. The van der Waals surface area contributed by atoms with Crippen molar-refractivity contribution in [1.29, 1.82) is 0 Å². The molecule has 1 aliphatic heterocycles. The van der Waals surface area contributed by atoms with Crippen LogP contribution in [0.25, 0.3) is 0 Å². The van der Waals surface area contributed by atoms with Crippen molar-refractivity contribution < 1.29 is 9.90 Å². The Morgan fingerprint density at radius 2 is 2.18 bits per heavy atom. The molecular formula is C14H19NO2. The van der Waals surface area contributed by atoms with Crippen LogP contribution in [0.3, 0.4) is 0 Å². The summed E-state index contributed by atoms with van der Waals surface area (Å²) in [5, 5.41) is 8.83. The van der Waals surface area contributed by atoms with Crippen LogP contribution in [0.5, 0.6) is 0 Å². The highest BCUT2D eigenvalue weighted by Gasteiger charge is 2.31. The quantitative estimate of drug-likeness (QED) is 0.850. The number of nitrogens with zero attached hydrogens (tertiary/aromatic N) is 1. The van der Waals surface area contributed by atoms with Crippen molar-refractivity contribution in [2.75, 3.05) is 6.54 Å². The van der Waals surface area contributed by atoms with E-state index in [0.29, 0.717) is 12.5 Å². The van der Waals surface area contributed by atoms with Gasteiger partial charge >= 0.3 is 5.97 Å². The molecule has 1 aliphatic rings. The molecule has 2 atom stereocenters. The first-order valence-corrected chi connectivity index (χ1v) is 6.21. The Labute approximate surface area is 102 Å². The van der Waals surface area contributed by atoms with E-state index in [-0.39, 0.29) is 12.5 Å². The maximum Gasteiger partial charge on any atom is 0.303 e. The van der Waals surface area contributed by atoms with Crippen molar-refractivity contribution in [3.05, 3.63) is 35.9 Å². The number of carboxylic acid groups (broad SMARTS) is 1. The summed E-state index contributed by atoms with van der Waals surface area (Å²) >= 11 is 0. The van der Waals surface area contributed by atoms with Gasteiger partial charge in [0, 0.05) is 25.0 Å². The van der Waals surface area contributed by atoms with E-state index in [9.17, 15) is 4.79 Å². The van der Waals surface area contributed by atoms with Crippen LogP contribution in [-0.4, -0.2) is 28.6 Å². The minimum Gasteiger partial charge on any atom is -0.481 e. The Bertz CT molecular complexity index is 377. The molecular weight excluding hydrogens is 214 g/mol. The zero-order valence-electron chi connectivity index (χ0n) is 10.2. The maximum absolute atomic E-state index is 10.7. The molecule has 92 valence electrons. The number of hydrogen-bond donors (Lipinski definition) is 1. The number of carboxylic acids is 1. The SMILES string of the molecule is CC1CCN1C(CCC(=O)O)c1ccccc1. The van der Waals surface area contributed by atoms with Crippen LogP contribution < -0.4 is 0 Å².